The van der Waals surface area contributed by atoms with Crippen molar-refractivity contribution in [2.75, 3.05) is 25.1 Å². The van der Waals surface area contributed by atoms with Gasteiger partial charge in [-0.3, -0.25) is 14.4 Å². The Kier molecular flexibility index (Phi) is 11.9. The average Bonchev–Trinajstić information content (AvgIpc) is 3.61. The molecule has 10 nitrogen and oxygen atoms in total. The highest BCUT2D eigenvalue weighted by Crippen LogP contribution is 2.40. The van der Waals surface area contributed by atoms with E-state index in [0.29, 0.717) is 47.7 Å². The monoisotopic (exact) mass is 658 g/mol. The molecule has 1 N–H and O–H groups in total. The molecule has 3 aromatic rings. The maximum absolute atomic E-state index is 14.3. The predicted molar refractivity (Wildman–Crippen MR) is 185 cm³/mol. The first-order valence-corrected chi connectivity index (χ1v) is 17.9. The summed E-state index contributed by atoms with van der Waals surface area (Å²) in [5.41, 5.74) is 4.03. The number of carbonyl (C=O) groups is 2. The van der Waals surface area contributed by atoms with E-state index in [0.717, 1.165) is 62.5 Å². The molecule has 0 saturated heterocycles. The van der Waals surface area contributed by atoms with Crippen LogP contribution >= 0.6 is 8.81 Å². The van der Waals surface area contributed by atoms with Crippen molar-refractivity contribution in [3.05, 3.63) is 60.0 Å². The molecule has 5 rings (SSSR count). The quantitative estimate of drug-likeness (QED) is 0.210. The summed E-state index contributed by atoms with van der Waals surface area (Å²) in [6.07, 6.45) is 12.6. The Morgan fingerprint density at radius 3 is 2.51 bits per heavy atom. The number of benzene rings is 1. The number of nitrogens with one attached hydrogen (secondary N) is 1. The summed E-state index contributed by atoms with van der Waals surface area (Å²) in [5, 5.41) is 16.8. The molecule has 2 aliphatic rings. The van der Waals surface area contributed by atoms with E-state index in [2.05, 4.69) is 36.4 Å². The van der Waals surface area contributed by atoms with Crippen molar-refractivity contribution in [2.24, 2.45) is 11.8 Å². The maximum Gasteiger partial charge on any atom is 0.409 e. The minimum atomic E-state index is -0.368. The van der Waals surface area contributed by atoms with E-state index in [-0.39, 0.29) is 32.8 Å². The fraction of sp³-hybridized carbons (Fsp3) is 0.528. The maximum atomic E-state index is 14.3. The highest BCUT2D eigenvalue weighted by molar-refractivity contribution is 7.33. The number of ether oxygens (including phenoxy) is 1. The van der Waals surface area contributed by atoms with Crippen LogP contribution in [0.1, 0.15) is 95.2 Å². The lowest BCUT2D eigenvalue weighted by Gasteiger charge is -2.35. The molecule has 0 spiro atoms. The summed E-state index contributed by atoms with van der Waals surface area (Å²) >= 11 is 0. The molecular weight excluding hydrogens is 611 g/mol. The standard InChI is InChI=1S/C36H47N6O4P/c1-5-38-36(44)46-47-32-13-10-27(11-14-32)35(43)41(34-19-29(16-17-39-34)31-21-40-42(23-31)24(2)3)22-25-6-8-26(9-7-25)28-12-15-33(45-4)30(18-28)20-37/h12,15-19,21,23-27,32,47H,5-11,13-14,22H2,1-4H3,(H,38,44). The van der Waals surface area contributed by atoms with Gasteiger partial charge in [0.05, 0.1) is 27.7 Å². The molecule has 2 saturated carbocycles. The number of rotatable bonds is 11. The van der Waals surface area contributed by atoms with Gasteiger partial charge >= 0.3 is 6.09 Å². The van der Waals surface area contributed by atoms with Crippen LogP contribution in [-0.2, 0) is 9.32 Å². The van der Waals surface area contributed by atoms with E-state index in [9.17, 15) is 14.9 Å². The number of carbonyl (C=O) groups excluding carboxylic acids is 2. The van der Waals surface area contributed by atoms with Gasteiger partial charge in [0.2, 0.25) is 5.91 Å². The summed E-state index contributed by atoms with van der Waals surface area (Å²) in [6, 6.07) is 12.5. The van der Waals surface area contributed by atoms with Gasteiger partial charge in [0, 0.05) is 48.7 Å². The molecule has 250 valence electrons. The first kappa shape index (κ1) is 34.4. The van der Waals surface area contributed by atoms with Crippen LogP contribution in [0.15, 0.2) is 48.9 Å². The van der Waals surface area contributed by atoms with Gasteiger partial charge in [-0.1, -0.05) is 6.07 Å². The van der Waals surface area contributed by atoms with Crippen LogP contribution < -0.4 is 15.0 Å². The Hall–Kier alpha value is -3.96. The largest absolute Gasteiger partial charge is 0.495 e. The van der Waals surface area contributed by atoms with Crippen LogP contribution in [0.5, 0.6) is 5.75 Å². The molecule has 2 amide bonds. The summed E-state index contributed by atoms with van der Waals surface area (Å²) in [4.78, 5) is 32.8. The first-order valence-electron chi connectivity index (χ1n) is 16.9. The van der Waals surface area contributed by atoms with Crippen molar-refractivity contribution in [3.8, 4) is 22.9 Å². The summed E-state index contributed by atoms with van der Waals surface area (Å²) in [6.45, 7) is 7.24. The van der Waals surface area contributed by atoms with Crippen molar-refractivity contribution in [1.82, 2.24) is 20.1 Å². The normalized spacial score (nSPS) is 21.4. The van der Waals surface area contributed by atoms with Gasteiger partial charge in [0.15, 0.2) is 0 Å². The fourth-order valence-electron chi connectivity index (χ4n) is 6.81. The number of methoxy groups -OCH3 is 1. The van der Waals surface area contributed by atoms with Crippen LogP contribution in [0.2, 0.25) is 0 Å². The van der Waals surface area contributed by atoms with Crippen LogP contribution in [0.3, 0.4) is 0 Å². The van der Waals surface area contributed by atoms with Crippen LogP contribution in [0.4, 0.5) is 10.6 Å². The van der Waals surface area contributed by atoms with E-state index in [1.54, 1.807) is 13.3 Å². The number of anilines is 1. The van der Waals surface area contributed by atoms with Gasteiger partial charge in [-0.25, -0.2) is 9.78 Å². The molecule has 1 aromatic carbocycles. The first-order chi connectivity index (χ1) is 22.8. The van der Waals surface area contributed by atoms with Crippen molar-refractivity contribution >= 4 is 26.6 Å². The molecule has 0 bridgehead atoms. The summed E-state index contributed by atoms with van der Waals surface area (Å²) in [7, 11) is 1.70. The van der Waals surface area contributed by atoms with Crippen LogP contribution in [0, 0.1) is 23.2 Å². The van der Waals surface area contributed by atoms with E-state index in [4.69, 9.17) is 14.2 Å². The van der Waals surface area contributed by atoms with Crippen molar-refractivity contribution in [1.29, 1.82) is 5.26 Å². The third kappa shape index (κ3) is 8.70. The number of pyridine rings is 1. The predicted octanol–water partition coefficient (Wildman–Crippen LogP) is 7.61. The number of hydrogen-bond donors (Lipinski definition) is 1. The molecule has 0 aliphatic heterocycles. The van der Waals surface area contributed by atoms with E-state index >= 15 is 0 Å². The smallest absolute Gasteiger partial charge is 0.409 e. The Labute approximate surface area is 280 Å². The lowest BCUT2D eigenvalue weighted by molar-refractivity contribution is -0.123. The molecule has 47 heavy (non-hydrogen) atoms. The topological polar surface area (TPSA) is 122 Å². The van der Waals surface area contributed by atoms with Gasteiger partial charge in [-0.05, 0) is 119 Å². The second kappa shape index (κ2) is 16.2. The van der Waals surface area contributed by atoms with Gasteiger partial charge < -0.3 is 14.6 Å². The molecule has 2 heterocycles. The molecule has 2 fully saturated rings. The van der Waals surface area contributed by atoms with Crippen LogP contribution in [-0.4, -0.2) is 52.6 Å². The zero-order valence-electron chi connectivity index (χ0n) is 27.9. The summed E-state index contributed by atoms with van der Waals surface area (Å²) < 4.78 is 12.7. The Bertz CT molecular complexity index is 1550. The molecule has 2 aliphatic carbocycles. The number of nitriles is 1. The minimum absolute atomic E-state index is 0.0882. The van der Waals surface area contributed by atoms with Crippen molar-refractivity contribution in [3.63, 3.8) is 0 Å². The highest BCUT2D eigenvalue weighted by Gasteiger charge is 2.34. The van der Waals surface area contributed by atoms with E-state index in [1.165, 1.54) is 5.56 Å². The second-order valence-electron chi connectivity index (χ2n) is 13.0. The van der Waals surface area contributed by atoms with Gasteiger partial charge in [-0.15, -0.1) is 0 Å². The summed E-state index contributed by atoms with van der Waals surface area (Å²) in [5.74, 6) is 2.06. The van der Waals surface area contributed by atoms with Gasteiger partial charge in [0.1, 0.15) is 17.6 Å². The molecule has 11 heteroatoms. The minimum Gasteiger partial charge on any atom is -0.495 e. The Balaban J connectivity index is 1.30. The van der Waals surface area contributed by atoms with Crippen molar-refractivity contribution < 1.29 is 18.8 Å². The molecule has 0 radical (unpaired) electrons. The molecule has 1 atom stereocenters. The lowest BCUT2D eigenvalue weighted by Crippen LogP contribution is -2.42. The van der Waals surface area contributed by atoms with Crippen LogP contribution in [0.25, 0.3) is 11.1 Å². The zero-order chi connectivity index (χ0) is 33.3. The number of hydrogen-bond acceptors (Lipinski definition) is 7. The number of amides is 2. The average molecular weight is 659 g/mol. The SMILES string of the molecule is CCNC(=O)OPC1CCC(C(=O)N(CC2CCC(c3ccc(OC)c(C#N)c3)CC2)c2cc(-c3cnn(C(C)C)c3)ccn2)CC1. The van der Waals surface area contributed by atoms with Gasteiger partial charge in [0.25, 0.3) is 0 Å². The van der Waals surface area contributed by atoms with Crippen molar-refractivity contribution in [2.45, 2.75) is 89.8 Å². The highest BCUT2D eigenvalue weighted by atomic mass is 31.1. The Morgan fingerprint density at radius 2 is 1.85 bits per heavy atom. The molecular formula is C36H47N6O4P. The van der Waals surface area contributed by atoms with E-state index in [1.807, 2.05) is 53.2 Å². The van der Waals surface area contributed by atoms with E-state index < -0.39 is 0 Å². The third-order valence-corrected chi connectivity index (χ3v) is 10.8. The molecule has 2 aromatic heterocycles. The number of nitrogens with zero attached hydrogens (tertiary/aromatic N) is 5. The Morgan fingerprint density at radius 1 is 1.09 bits per heavy atom. The third-order valence-electron chi connectivity index (χ3n) is 9.57. The lowest BCUT2D eigenvalue weighted by atomic mass is 9.78. The molecule has 1 unspecified atom stereocenters. The number of aromatic nitrogens is 3. The fourth-order valence-corrected chi connectivity index (χ4v) is 7.73. The second-order valence-corrected chi connectivity index (χ2v) is 14.3. The zero-order valence-corrected chi connectivity index (χ0v) is 28.9. The van der Waals surface area contributed by atoms with Gasteiger partial charge in [-0.2, -0.15) is 10.4 Å².